The third kappa shape index (κ3) is 6.84. The van der Waals surface area contributed by atoms with E-state index < -0.39 is 16.0 Å². The van der Waals surface area contributed by atoms with Gasteiger partial charge in [0.15, 0.2) is 5.69 Å². The molecule has 9 nitrogen and oxygen atoms in total. The van der Waals surface area contributed by atoms with Crippen molar-refractivity contribution >= 4 is 16.0 Å². The monoisotopic (exact) mass is 291 g/mol. The fourth-order valence-corrected chi connectivity index (χ4v) is 1.81. The van der Waals surface area contributed by atoms with Gasteiger partial charge in [0.2, 0.25) is 10.0 Å². The Morgan fingerprint density at radius 1 is 1.42 bits per heavy atom. The lowest BCUT2D eigenvalue weighted by atomic mass is 10.4. The molecule has 0 saturated heterocycles. The zero-order valence-corrected chi connectivity index (χ0v) is 11.4. The lowest BCUT2D eigenvalue weighted by Crippen LogP contribution is -2.27. The number of sulfonamides is 1. The largest absolute Gasteiger partial charge is 0.476 e. The van der Waals surface area contributed by atoms with Gasteiger partial charge in [-0.05, 0) is 13.0 Å². The second-order valence-electron chi connectivity index (χ2n) is 3.94. The molecule has 0 bridgehead atoms. The van der Waals surface area contributed by atoms with E-state index >= 15 is 0 Å². The van der Waals surface area contributed by atoms with Crippen LogP contribution in [0.15, 0.2) is 6.20 Å². The number of carbonyl (C=O) groups is 1. The standard InChI is InChI=1S/C9H17N5O4S/c1-19(17,18)11-4-2-3-10-5-6-14-7-8(9(15)16)12-13-14/h7,10-11H,2-6H2,1H3,(H,15,16). The molecular weight excluding hydrogens is 274 g/mol. The van der Waals surface area contributed by atoms with Crippen molar-refractivity contribution in [1.29, 1.82) is 0 Å². The van der Waals surface area contributed by atoms with Crippen LogP contribution in [0.2, 0.25) is 0 Å². The highest BCUT2D eigenvalue weighted by Crippen LogP contribution is 1.91. The van der Waals surface area contributed by atoms with E-state index in [-0.39, 0.29) is 5.69 Å². The number of hydrogen-bond donors (Lipinski definition) is 3. The highest BCUT2D eigenvalue weighted by Gasteiger charge is 2.07. The van der Waals surface area contributed by atoms with Gasteiger partial charge in [0.25, 0.3) is 0 Å². The molecule has 0 saturated carbocycles. The van der Waals surface area contributed by atoms with Crippen molar-refractivity contribution < 1.29 is 18.3 Å². The number of aromatic carboxylic acids is 1. The molecule has 3 N–H and O–H groups in total. The molecule has 0 aliphatic heterocycles. The average molecular weight is 291 g/mol. The Hall–Kier alpha value is -1.52. The number of aromatic nitrogens is 3. The zero-order chi connectivity index (χ0) is 14.3. The first-order chi connectivity index (χ1) is 8.88. The summed E-state index contributed by atoms with van der Waals surface area (Å²) >= 11 is 0. The van der Waals surface area contributed by atoms with Gasteiger partial charge in [-0.2, -0.15) is 0 Å². The van der Waals surface area contributed by atoms with E-state index in [2.05, 4.69) is 20.4 Å². The quantitative estimate of drug-likeness (QED) is 0.473. The van der Waals surface area contributed by atoms with E-state index in [1.165, 1.54) is 10.9 Å². The van der Waals surface area contributed by atoms with E-state index in [1.807, 2.05) is 0 Å². The Labute approximate surface area is 111 Å². The molecule has 1 heterocycles. The first kappa shape index (κ1) is 15.5. The fourth-order valence-electron chi connectivity index (χ4n) is 1.30. The van der Waals surface area contributed by atoms with Gasteiger partial charge >= 0.3 is 5.97 Å². The SMILES string of the molecule is CS(=O)(=O)NCCCNCCn1cc(C(=O)O)nn1. The van der Waals surface area contributed by atoms with Crippen LogP contribution in [0, 0.1) is 0 Å². The lowest BCUT2D eigenvalue weighted by molar-refractivity contribution is 0.0690. The van der Waals surface area contributed by atoms with E-state index in [0.29, 0.717) is 32.6 Å². The fraction of sp³-hybridized carbons (Fsp3) is 0.667. The second kappa shape index (κ2) is 7.16. The summed E-state index contributed by atoms with van der Waals surface area (Å²) in [4.78, 5) is 10.6. The number of carboxylic acid groups (broad SMARTS) is 1. The number of carboxylic acids is 1. The summed E-state index contributed by atoms with van der Waals surface area (Å²) in [6, 6.07) is 0. The van der Waals surface area contributed by atoms with Gasteiger partial charge in [0.1, 0.15) is 0 Å². The summed E-state index contributed by atoms with van der Waals surface area (Å²) in [6.07, 6.45) is 3.14. The molecule has 108 valence electrons. The summed E-state index contributed by atoms with van der Waals surface area (Å²) in [5.41, 5.74) is -0.0858. The van der Waals surface area contributed by atoms with E-state index in [9.17, 15) is 13.2 Å². The molecule has 1 rings (SSSR count). The van der Waals surface area contributed by atoms with Gasteiger partial charge in [-0.1, -0.05) is 5.21 Å². The number of nitrogens with zero attached hydrogens (tertiary/aromatic N) is 3. The minimum absolute atomic E-state index is 0.0858. The third-order valence-corrected chi connectivity index (χ3v) is 2.90. The van der Waals surface area contributed by atoms with Crippen LogP contribution in [-0.4, -0.2) is 60.4 Å². The Morgan fingerprint density at radius 3 is 2.74 bits per heavy atom. The van der Waals surface area contributed by atoms with Crippen LogP contribution in [0.1, 0.15) is 16.9 Å². The highest BCUT2D eigenvalue weighted by atomic mass is 32.2. The summed E-state index contributed by atoms with van der Waals surface area (Å²) in [5, 5.41) is 18.9. The Balaban J connectivity index is 2.09. The van der Waals surface area contributed by atoms with Crippen LogP contribution in [0.25, 0.3) is 0 Å². The van der Waals surface area contributed by atoms with Crippen molar-refractivity contribution in [2.24, 2.45) is 0 Å². The summed E-state index contributed by atoms with van der Waals surface area (Å²) in [5.74, 6) is -1.11. The number of hydrogen-bond acceptors (Lipinski definition) is 6. The van der Waals surface area contributed by atoms with Crippen molar-refractivity contribution in [3.8, 4) is 0 Å². The molecule has 0 aliphatic carbocycles. The van der Waals surface area contributed by atoms with Crippen LogP contribution >= 0.6 is 0 Å². The summed E-state index contributed by atoms with van der Waals surface area (Å²) in [6.45, 7) is 2.14. The molecule has 19 heavy (non-hydrogen) atoms. The maximum Gasteiger partial charge on any atom is 0.358 e. The van der Waals surface area contributed by atoms with Crippen LogP contribution in [0.5, 0.6) is 0 Å². The predicted molar refractivity (Wildman–Crippen MR) is 67.3 cm³/mol. The van der Waals surface area contributed by atoms with Gasteiger partial charge in [-0.15, -0.1) is 5.10 Å². The van der Waals surface area contributed by atoms with Crippen LogP contribution < -0.4 is 10.0 Å². The van der Waals surface area contributed by atoms with Gasteiger partial charge in [-0.3, -0.25) is 4.68 Å². The maximum absolute atomic E-state index is 10.8. The average Bonchev–Trinajstić information content (AvgIpc) is 2.75. The molecule has 0 atom stereocenters. The molecule has 0 radical (unpaired) electrons. The maximum atomic E-state index is 10.8. The Bertz CT molecular complexity index is 512. The van der Waals surface area contributed by atoms with Gasteiger partial charge < -0.3 is 10.4 Å². The van der Waals surface area contributed by atoms with E-state index in [1.54, 1.807) is 0 Å². The van der Waals surface area contributed by atoms with Gasteiger partial charge in [0, 0.05) is 13.1 Å². The second-order valence-corrected chi connectivity index (χ2v) is 5.78. The minimum Gasteiger partial charge on any atom is -0.476 e. The van der Waals surface area contributed by atoms with Crippen molar-refractivity contribution in [3.63, 3.8) is 0 Å². The molecule has 0 unspecified atom stereocenters. The van der Waals surface area contributed by atoms with Crippen molar-refractivity contribution in [2.75, 3.05) is 25.9 Å². The molecular formula is C9H17N5O4S. The smallest absolute Gasteiger partial charge is 0.358 e. The predicted octanol–water partition coefficient (Wildman–Crippen LogP) is -1.49. The van der Waals surface area contributed by atoms with Crippen molar-refractivity contribution in [3.05, 3.63) is 11.9 Å². The molecule has 0 aromatic carbocycles. The van der Waals surface area contributed by atoms with Gasteiger partial charge in [-0.25, -0.2) is 17.9 Å². The summed E-state index contributed by atoms with van der Waals surface area (Å²) < 4.78 is 25.4. The Kier molecular flexibility index (Phi) is 5.86. The highest BCUT2D eigenvalue weighted by molar-refractivity contribution is 7.88. The minimum atomic E-state index is -3.12. The molecule has 1 aromatic rings. The number of rotatable bonds is 9. The normalized spacial score (nSPS) is 11.6. The third-order valence-electron chi connectivity index (χ3n) is 2.17. The van der Waals surface area contributed by atoms with E-state index in [0.717, 1.165) is 6.26 Å². The first-order valence-electron chi connectivity index (χ1n) is 5.67. The lowest BCUT2D eigenvalue weighted by Gasteiger charge is -2.04. The molecule has 0 amide bonds. The van der Waals surface area contributed by atoms with Crippen LogP contribution in [-0.2, 0) is 16.6 Å². The molecule has 0 spiro atoms. The van der Waals surface area contributed by atoms with Crippen molar-refractivity contribution in [2.45, 2.75) is 13.0 Å². The summed E-state index contributed by atoms with van der Waals surface area (Å²) in [7, 11) is -3.12. The number of nitrogens with one attached hydrogen (secondary N) is 2. The van der Waals surface area contributed by atoms with E-state index in [4.69, 9.17) is 5.11 Å². The topological polar surface area (TPSA) is 126 Å². The molecule has 1 aromatic heterocycles. The van der Waals surface area contributed by atoms with Crippen molar-refractivity contribution in [1.82, 2.24) is 25.0 Å². The molecule has 10 heteroatoms. The van der Waals surface area contributed by atoms with Crippen LogP contribution in [0.3, 0.4) is 0 Å². The van der Waals surface area contributed by atoms with Gasteiger partial charge in [0.05, 0.1) is 19.0 Å². The molecule has 0 fully saturated rings. The van der Waals surface area contributed by atoms with Crippen LogP contribution in [0.4, 0.5) is 0 Å². The zero-order valence-electron chi connectivity index (χ0n) is 10.5. The Morgan fingerprint density at radius 2 is 2.16 bits per heavy atom. The molecule has 0 aliphatic rings. The first-order valence-corrected chi connectivity index (χ1v) is 7.56.